The first kappa shape index (κ1) is 15.7. The predicted octanol–water partition coefficient (Wildman–Crippen LogP) is 2.64. The fraction of sp³-hybridized carbons (Fsp3) is 0.300. The number of carbonyl (C=O) groups excluding carboxylic acids is 1. The third kappa shape index (κ3) is 3.09. The van der Waals surface area contributed by atoms with Crippen molar-refractivity contribution in [2.24, 2.45) is 5.16 Å². The molecule has 25 heavy (non-hydrogen) atoms. The van der Waals surface area contributed by atoms with Crippen LogP contribution in [0.3, 0.4) is 0 Å². The van der Waals surface area contributed by atoms with Gasteiger partial charge in [-0.25, -0.2) is 0 Å². The lowest BCUT2D eigenvalue weighted by atomic mass is 9.77. The van der Waals surface area contributed by atoms with Crippen molar-refractivity contribution in [2.75, 3.05) is 13.7 Å². The van der Waals surface area contributed by atoms with Gasteiger partial charge in [0.05, 0.1) is 25.3 Å². The van der Waals surface area contributed by atoms with Gasteiger partial charge in [-0.1, -0.05) is 29.4 Å². The monoisotopic (exact) mass is 336 g/mol. The van der Waals surface area contributed by atoms with Gasteiger partial charge in [-0.2, -0.15) is 0 Å². The second-order valence-corrected chi connectivity index (χ2v) is 6.40. The van der Waals surface area contributed by atoms with Crippen molar-refractivity contribution in [3.63, 3.8) is 0 Å². The standard InChI is InChI=1S/C20H20N2O3/c1-24-15-8-6-13(7-9-15)19-11-16(25-22-19)12-21-20(23)18-10-14-4-2-3-5-17(14)18/h2-9,16,18H,10-12H2,1H3,(H,21,23)/t16-,18+/m0/s1. The van der Waals surface area contributed by atoms with E-state index in [9.17, 15) is 4.79 Å². The number of nitrogens with one attached hydrogen (secondary N) is 1. The van der Waals surface area contributed by atoms with Crippen molar-refractivity contribution in [1.29, 1.82) is 0 Å². The summed E-state index contributed by atoms with van der Waals surface area (Å²) in [5, 5.41) is 7.16. The minimum absolute atomic E-state index is 0.0282. The molecule has 1 aliphatic heterocycles. The molecule has 1 N–H and O–H groups in total. The van der Waals surface area contributed by atoms with Gasteiger partial charge in [-0.3, -0.25) is 4.79 Å². The van der Waals surface area contributed by atoms with Crippen molar-refractivity contribution >= 4 is 11.6 Å². The summed E-state index contributed by atoms with van der Waals surface area (Å²) in [6.45, 7) is 0.473. The number of benzene rings is 2. The van der Waals surface area contributed by atoms with E-state index in [1.807, 2.05) is 42.5 Å². The van der Waals surface area contributed by atoms with Crippen LogP contribution in [0.5, 0.6) is 5.75 Å². The lowest BCUT2D eigenvalue weighted by Gasteiger charge is -2.29. The summed E-state index contributed by atoms with van der Waals surface area (Å²) in [6, 6.07) is 15.8. The fourth-order valence-corrected chi connectivity index (χ4v) is 3.32. The molecule has 0 bridgehead atoms. The Kier molecular flexibility index (Phi) is 4.14. The maximum absolute atomic E-state index is 12.3. The number of fused-ring (bicyclic) bond motifs is 1. The highest BCUT2D eigenvalue weighted by Gasteiger charge is 2.32. The molecule has 2 aromatic rings. The Bertz CT molecular complexity index is 814. The third-order valence-electron chi connectivity index (χ3n) is 4.83. The quantitative estimate of drug-likeness (QED) is 0.913. The van der Waals surface area contributed by atoms with E-state index in [4.69, 9.17) is 9.57 Å². The molecule has 2 aromatic carbocycles. The maximum Gasteiger partial charge on any atom is 0.228 e. The molecule has 2 aliphatic rings. The topological polar surface area (TPSA) is 59.9 Å². The molecule has 0 spiro atoms. The van der Waals surface area contributed by atoms with Crippen molar-refractivity contribution in [2.45, 2.75) is 24.9 Å². The predicted molar refractivity (Wildman–Crippen MR) is 94.9 cm³/mol. The Morgan fingerprint density at radius 3 is 2.76 bits per heavy atom. The number of nitrogens with zero attached hydrogens (tertiary/aromatic N) is 1. The molecule has 5 nitrogen and oxygen atoms in total. The van der Waals surface area contributed by atoms with Crippen LogP contribution in [0.1, 0.15) is 29.0 Å². The van der Waals surface area contributed by atoms with Crippen molar-refractivity contribution in [3.05, 3.63) is 65.2 Å². The first-order valence-electron chi connectivity index (χ1n) is 8.47. The smallest absolute Gasteiger partial charge is 0.228 e. The number of rotatable bonds is 5. The van der Waals surface area contributed by atoms with Gasteiger partial charge in [-0.15, -0.1) is 0 Å². The summed E-state index contributed by atoms with van der Waals surface area (Å²) < 4.78 is 5.16. The molecular formula is C20H20N2O3. The van der Waals surface area contributed by atoms with Crippen LogP contribution in [-0.4, -0.2) is 31.4 Å². The number of oxime groups is 1. The van der Waals surface area contributed by atoms with Crippen LogP contribution in [0.25, 0.3) is 0 Å². The minimum atomic E-state index is -0.114. The second-order valence-electron chi connectivity index (χ2n) is 6.40. The van der Waals surface area contributed by atoms with E-state index in [-0.39, 0.29) is 17.9 Å². The lowest BCUT2D eigenvalue weighted by Crippen LogP contribution is -2.39. The molecule has 0 unspecified atom stereocenters. The number of ether oxygens (including phenoxy) is 1. The zero-order chi connectivity index (χ0) is 17.2. The highest BCUT2D eigenvalue weighted by Crippen LogP contribution is 2.34. The zero-order valence-corrected chi connectivity index (χ0v) is 14.1. The largest absolute Gasteiger partial charge is 0.497 e. The van der Waals surface area contributed by atoms with Gasteiger partial charge in [0.25, 0.3) is 0 Å². The van der Waals surface area contributed by atoms with E-state index in [1.54, 1.807) is 7.11 Å². The van der Waals surface area contributed by atoms with Gasteiger partial charge in [0.1, 0.15) is 11.9 Å². The minimum Gasteiger partial charge on any atom is -0.497 e. The van der Waals surface area contributed by atoms with E-state index < -0.39 is 0 Å². The first-order chi connectivity index (χ1) is 12.2. The van der Waals surface area contributed by atoms with Gasteiger partial charge in [0.15, 0.2) is 0 Å². The highest BCUT2D eigenvalue weighted by atomic mass is 16.6. The number of hydrogen-bond acceptors (Lipinski definition) is 4. The van der Waals surface area contributed by atoms with Crippen LogP contribution in [-0.2, 0) is 16.1 Å². The Hall–Kier alpha value is -2.82. The van der Waals surface area contributed by atoms with Crippen molar-refractivity contribution in [3.8, 4) is 5.75 Å². The molecule has 1 amide bonds. The van der Waals surface area contributed by atoms with Gasteiger partial charge in [-0.05, 0) is 47.4 Å². The van der Waals surface area contributed by atoms with Crippen LogP contribution in [0.15, 0.2) is 53.7 Å². The third-order valence-corrected chi connectivity index (χ3v) is 4.83. The summed E-state index contributed by atoms with van der Waals surface area (Å²) in [5.74, 6) is 0.854. The Labute approximate surface area is 146 Å². The van der Waals surface area contributed by atoms with Gasteiger partial charge < -0.3 is 14.9 Å². The van der Waals surface area contributed by atoms with E-state index in [2.05, 4.69) is 16.5 Å². The van der Waals surface area contributed by atoms with Crippen LogP contribution in [0.4, 0.5) is 0 Å². The lowest BCUT2D eigenvalue weighted by molar-refractivity contribution is -0.123. The fourth-order valence-electron chi connectivity index (χ4n) is 3.32. The molecule has 0 aromatic heterocycles. The molecule has 0 saturated carbocycles. The van der Waals surface area contributed by atoms with E-state index in [0.29, 0.717) is 13.0 Å². The van der Waals surface area contributed by atoms with Crippen molar-refractivity contribution < 1.29 is 14.4 Å². The zero-order valence-electron chi connectivity index (χ0n) is 14.1. The molecular weight excluding hydrogens is 316 g/mol. The Balaban J connectivity index is 1.28. The van der Waals surface area contributed by atoms with E-state index in [0.717, 1.165) is 29.0 Å². The molecule has 2 atom stereocenters. The summed E-state index contributed by atoms with van der Waals surface area (Å²) in [7, 11) is 1.64. The second kappa shape index (κ2) is 6.59. The number of amides is 1. The first-order valence-corrected chi connectivity index (χ1v) is 8.47. The van der Waals surface area contributed by atoms with Crippen molar-refractivity contribution in [1.82, 2.24) is 5.32 Å². The number of methoxy groups -OCH3 is 1. The van der Waals surface area contributed by atoms with E-state index >= 15 is 0 Å². The molecule has 4 rings (SSSR count). The molecule has 0 saturated heterocycles. The van der Waals surface area contributed by atoms with Crippen LogP contribution < -0.4 is 10.1 Å². The molecule has 128 valence electrons. The number of carbonyl (C=O) groups is 1. The SMILES string of the molecule is COc1ccc(C2=NO[C@H](CNC(=O)[C@@H]3Cc4ccccc43)C2)cc1. The molecule has 0 radical (unpaired) electrons. The normalized spacial score (nSPS) is 20.8. The average Bonchev–Trinajstić information content (AvgIpc) is 3.10. The van der Waals surface area contributed by atoms with E-state index in [1.165, 1.54) is 5.56 Å². The Morgan fingerprint density at radius 1 is 1.20 bits per heavy atom. The molecule has 1 aliphatic carbocycles. The van der Waals surface area contributed by atoms with Gasteiger partial charge >= 0.3 is 0 Å². The molecule has 0 fully saturated rings. The van der Waals surface area contributed by atoms with Crippen LogP contribution in [0.2, 0.25) is 0 Å². The highest BCUT2D eigenvalue weighted by molar-refractivity contribution is 6.01. The van der Waals surface area contributed by atoms with Gasteiger partial charge in [0.2, 0.25) is 5.91 Å². The number of hydrogen-bond donors (Lipinski definition) is 1. The summed E-state index contributed by atoms with van der Waals surface area (Å²) in [4.78, 5) is 17.8. The van der Waals surface area contributed by atoms with Crippen LogP contribution in [0, 0.1) is 0 Å². The molecule has 1 heterocycles. The molecule has 5 heteroatoms. The van der Waals surface area contributed by atoms with Gasteiger partial charge in [0, 0.05) is 6.42 Å². The average molecular weight is 336 g/mol. The Morgan fingerprint density at radius 2 is 2.00 bits per heavy atom. The summed E-state index contributed by atoms with van der Waals surface area (Å²) in [6.07, 6.45) is 1.39. The summed E-state index contributed by atoms with van der Waals surface area (Å²) >= 11 is 0. The summed E-state index contributed by atoms with van der Waals surface area (Å²) in [5.41, 5.74) is 4.32. The van der Waals surface area contributed by atoms with Crippen LogP contribution >= 0.6 is 0 Å². The maximum atomic E-state index is 12.3.